The number of phenolic OH excluding ortho intramolecular Hbond substituents is 1. The van der Waals surface area contributed by atoms with Crippen LogP contribution in [0.2, 0.25) is 5.02 Å². The lowest BCUT2D eigenvalue weighted by Crippen LogP contribution is -2.46. The van der Waals surface area contributed by atoms with Gasteiger partial charge in [0.1, 0.15) is 5.75 Å². The van der Waals surface area contributed by atoms with Gasteiger partial charge in [-0.1, -0.05) is 11.6 Å². The molecule has 1 fully saturated rings. The Morgan fingerprint density at radius 2 is 2.41 bits per heavy atom. The maximum atomic E-state index is 11.9. The third-order valence-corrected chi connectivity index (χ3v) is 3.82. The summed E-state index contributed by atoms with van der Waals surface area (Å²) < 4.78 is 0. The number of nitrogens with one attached hydrogen (secondary N) is 2. The van der Waals surface area contributed by atoms with Gasteiger partial charge in [-0.2, -0.15) is 11.8 Å². The highest BCUT2D eigenvalue weighted by Crippen LogP contribution is 2.26. The molecule has 2 rings (SSSR count). The summed E-state index contributed by atoms with van der Waals surface area (Å²) in [4.78, 5) is 11.9. The minimum atomic E-state index is -0.165. The van der Waals surface area contributed by atoms with Gasteiger partial charge in [0.15, 0.2) is 0 Å². The van der Waals surface area contributed by atoms with E-state index in [0.717, 1.165) is 18.1 Å². The fourth-order valence-corrected chi connectivity index (χ4v) is 2.66. The molecule has 0 saturated carbocycles. The topological polar surface area (TPSA) is 61.4 Å². The molecule has 0 spiro atoms. The molecule has 4 nitrogen and oxygen atoms in total. The van der Waals surface area contributed by atoms with E-state index in [2.05, 4.69) is 10.6 Å². The summed E-state index contributed by atoms with van der Waals surface area (Å²) in [5.41, 5.74) is 0.593. The zero-order valence-corrected chi connectivity index (χ0v) is 10.6. The summed E-state index contributed by atoms with van der Waals surface area (Å²) in [6, 6.07) is 4.45. The summed E-state index contributed by atoms with van der Waals surface area (Å²) in [7, 11) is 0. The Morgan fingerprint density at radius 3 is 3.06 bits per heavy atom. The standard InChI is InChI=1S/C11H13ClN2O2S/c12-8-5-7(1-2-10(8)15)14-11(16)9-6-17-4-3-13-9/h1-2,5,9,13,15H,3-4,6H2,(H,14,16). The number of hydrogen-bond donors (Lipinski definition) is 3. The summed E-state index contributed by atoms with van der Waals surface area (Å²) in [6.07, 6.45) is 0. The second kappa shape index (κ2) is 5.62. The number of carbonyl (C=O) groups excluding carboxylic acids is 1. The molecule has 1 amide bonds. The van der Waals surface area contributed by atoms with Gasteiger partial charge in [0.2, 0.25) is 5.91 Å². The molecule has 0 aliphatic carbocycles. The zero-order chi connectivity index (χ0) is 12.3. The molecule has 1 saturated heterocycles. The first kappa shape index (κ1) is 12.5. The van der Waals surface area contributed by atoms with Crippen molar-refractivity contribution in [2.45, 2.75) is 6.04 Å². The average molecular weight is 273 g/mol. The Bertz CT molecular complexity index is 422. The van der Waals surface area contributed by atoms with Crippen molar-refractivity contribution in [3.63, 3.8) is 0 Å². The van der Waals surface area contributed by atoms with E-state index in [1.807, 2.05) is 0 Å². The molecule has 0 bridgehead atoms. The summed E-state index contributed by atoms with van der Waals surface area (Å²) in [5.74, 6) is 1.75. The highest BCUT2D eigenvalue weighted by Gasteiger charge is 2.20. The van der Waals surface area contributed by atoms with Gasteiger partial charge in [-0.25, -0.2) is 0 Å². The second-order valence-electron chi connectivity index (χ2n) is 3.74. The van der Waals surface area contributed by atoms with Gasteiger partial charge < -0.3 is 15.7 Å². The number of rotatable bonds is 2. The van der Waals surface area contributed by atoms with Crippen molar-refractivity contribution in [2.75, 3.05) is 23.4 Å². The highest BCUT2D eigenvalue weighted by molar-refractivity contribution is 7.99. The molecular formula is C11H13ClN2O2S. The molecule has 0 radical (unpaired) electrons. The number of carbonyl (C=O) groups is 1. The molecule has 1 aliphatic rings. The van der Waals surface area contributed by atoms with Crippen molar-refractivity contribution >= 4 is 35.0 Å². The number of thioether (sulfide) groups is 1. The Balaban J connectivity index is 1.99. The first-order valence-electron chi connectivity index (χ1n) is 5.27. The van der Waals surface area contributed by atoms with Crippen LogP contribution in [0.5, 0.6) is 5.75 Å². The van der Waals surface area contributed by atoms with Crippen LogP contribution in [0.25, 0.3) is 0 Å². The van der Waals surface area contributed by atoms with Crippen LogP contribution in [-0.4, -0.2) is 35.1 Å². The van der Waals surface area contributed by atoms with Crippen LogP contribution in [0, 0.1) is 0 Å². The van der Waals surface area contributed by atoms with Crippen molar-refractivity contribution in [3.8, 4) is 5.75 Å². The lowest BCUT2D eigenvalue weighted by molar-refractivity contribution is -0.117. The fourth-order valence-electron chi connectivity index (χ4n) is 1.55. The largest absolute Gasteiger partial charge is 0.506 e. The molecule has 1 unspecified atom stereocenters. The third-order valence-electron chi connectivity index (χ3n) is 2.45. The van der Waals surface area contributed by atoms with Crippen molar-refractivity contribution in [1.29, 1.82) is 0 Å². The zero-order valence-electron chi connectivity index (χ0n) is 9.07. The Morgan fingerprint density at radius 1 is 1.59 bits per heavy atom. The summed E-state index contributed by atoms with van der Waals surface area (Å²) in [6.45, 7) is 0.846. The van der Waals surface area contributed by atoms with Crippen LogP contribution in [-0.2, 0) is 4.79 Å². The van der Waals surface area contributed by atoms with Crippen molar-refractivity contribution < 1.29 is 9.90 Å². The number of halogens is 1. The van der Waals surface area contributed by atoms with Crippen LogP contribution in [0.1, 0.15) is 0 Å². The second-order valence-corrected chi connectivity index (χ2v) is 5.29. The molecule has 92 valence electrons. The Kier molecular flexibility index (Phi) is 4.15. The first-order chi connectivity index (χ1) is 8.16. The molecular weight excluding hydrogens is 260 g/mol. The van der Waals surface area contributed by atoms with E-state index in [4.69, 9.17) is 11.6 Å². The van der Waals surface area contributed by atoms with E-state index in [9.17, 15) is 9.90 Å². The molecule has 1 heterocycles. The van der Waals surface area contributed by atoms with Crippen LogP contribution in [0.15, 0.2) is 18.2 Å². The lowest BCUT2D eigenvalue weighted by atomic mass is 10.2. The van der Waals surface area contributed by atoms with E-state index in [0.29, 0.717) is 5.69 Å². The van der Waals surface area contributed by atoms with Crippen molar-refractivity contribution in [1.82, 2.24) is 5.32 Å². The quantitative estimate of drug-likeness (QED) is 0.717. The monoisotopic (exact) mass is 272 g/mol. The molecule has 6 heteroatoms. The first-order valence-corrected chi connectivity index (χ1v) is 6.80. The predicted molar refractivity (Wildman–Crippen MR) is 70.9 cm³/mol. The maximum absolute atomic E-state index is 11.9. The summed E-state index contributed by atoms with van der Waals surface area (Å²) >= 11 is 7.52. The van der Waals surface area contributed by atoms with Crippen LogP contribution in [0.4, 0.5) is 5.69 Å². The van der Waals surface area contributed by atoms with E-state index in [-0.39, 0.29) is 22.7 Å². The molecule has 3 N–H and O–H groups in total. The minimum Gasteiger partial charge on any atom is -0.506 e. The number of amides is 1. The SMILES string of the molecule is O=C(Nc1ccc(O)c(Cl)c1)C1CSCCN1. The molecule has 1 aliphatic heterocycles. The predicted octanol–water partition coefficient (Wildman–Crippen LogP) is 1.69. The van der Waals surface area contributed by atoms with E-state index < -0.39 is 0 Å². The van der Waals surface area contributed by atoms with E-state index in [1.165, 1.54) is 12.1 Å². The highest BCUT2D eigenvalue weighted by atomic mass is 35.5. The Hall–Kier alpha value is -0.910. The smallest absolute Gasteiger partial charge is 0.242 e. The Labute approximate surface area is 109 Å². The van der Waals surface area contributed by atoms with Gasteiger partial charge in [-0.05, 0) is 18.2 Å². The molecule has 1 aromatic rings. The lowest BCUT2D eigenvalue weighted by Gasteiger charge is -2.22. The fraction of sp³-hybridized carbons (Fsp3) is 0.364. The average Bonchev–Trinajstić information content (AvgIpc) is 2.35. The van der Waals surface area contributed by atoms with E-state index in [1.54, 1.807) is 17.8 Å². The maximum Gasteiger partial charge on any atom is 0.242 e. The van der Waals surface area contributed by atoms with Gasteiger partial charge in [-0.15, -0.1) is 0 Å². The molecule has 17 heavy (non-hydrogen) atoms. The van der Waals surface area contributed by atoms with Crippen molar-refractivity contribution in [3.05, 3.63) is 23.2 Å². The van der Waals surface area contributed by atoms with Crippen molar-refractivity contribution in [2.24, 2.45) is 0 Å². The number of benzene rings is 1. The van der Waals surface area contributed by atoms with Crippen LogP contribution in [0.3, 0.4) is 0 Å². The third kappa shape index (κ3) is 3.28. The van der Waals surface area contributed by atoms with Crippen LogP contribution >= 0.6 is 23.4 Å². The number of aromatic hydroxyl groups is 1. The molecule has 1 atom stereocenters. The van der Waals surface area contributed by atoms with Gasteiger partial charge in [-0.3, -0.25) is 4.79 Å². The van der Waals surface area contributed by atoms with Gasteiger partial charge in [0, 0.05) is 23.7 Å². The molecule has 0 aromatic heterocycles. The van der Waals surface area contributed by atoms with Crippen LogP contribution < -0.4 is 10.6 Å². The number of anilines is 1. The minimum absolute atomic E-state index is 0.0102. The summed E-state index contributed by atoms with van der Waals surface area (Å²) in [5, 5.41) is 15.4. The number of hydrogen-bond acceptors (Lipinski definition) is 4. The van der Waals surface area contributed by atoms with E-state index >= 15 is 0 Å². The number of phenols is 1. The van der Waals surface area contributed by atoms with Gasteiger partial charge in [0.05, 0.1) is 11.1 Å². The molecule has 1 aromatic carbocycles. The normalized spacial score (nSPS) is 19.9. The van der Waals surface area contributed by atoms with Gasteiger partial charge >= 0.3 is 0 Å². The van der Waals surface area contributed by atoms with Gasteiger partial charge in [0.25, 0.3) is 0 Å².